The summed E-state index contributed by atoms with van der Waals surface area (Å²) in [6, 6.07) is 9.05. The fourth-order valence-corrected chi connectivity index (χ4v) is 2.81. The molecule has 0 aliphatic carbocycles. The molecule has 0 aliphatic rings. The molecule has 1 atom stereocenters. The molecule has 1 aromatic carbocycles. The van der Waals surface area contributed by atoms with Gasteiger partial charge in [-0.25, -0.2) is 0 Å². The van der Waals surface area contributed by atoms with Crippen molar-refractivity contribution >= 4 is 55.1 Å². The molecule has 0 spiro atoms. The molecule has 0 amide bonds. The molecule has 0 saturated carbocycles. The van der Waals surface area contributed by atoms with Gasteiger partial charge in [-0.3, -0.25) is 0 Å². The van der Waals surface area contributed by atoms with E-state index >= 15 is 0 Å². The van der Waals surface area contributed by atoms with E-state index in [2.05, 4.69) is 31.9 Å². The summed E-state index contributed by atoms with van der Waals surface area (Å²) in [6.07, 6.45) is 0. The molecule has 2 rings (SSSR count). The number of rotatable bonds is 2. The number of hydrogen-bond acceptors (Lipinski definition) is 1. The van der Waals surface area contributed by atoms with Gasteiger partial charge in [0.1, 0.15) is 5.76 Å². The van der Waals surface area contributed by atoms with Crippen LogP contribution in [0.5, 0.6) is 0 Å². The van der Waals surface area contributed by atoms with E-state index in [4.69, 9.17) is 27.6 Å². The van der Waals surface area contributed by atoms with Crippen LogP contribution >= 0.6 is 55.1 Å². The van der Waals surface area contributed by atoms with E-state index in [0.717, 1.165) is 11.3 Å². The van der Waals surface area contributed by atoms with Crippen LogP contribution in [0.3, 0.4) is 0 Å². The van der Waals surface area contributed by atoms with Crippen LogP contribution in [0.1, 0.15) is 16.2 Å². The van der Waals surface area contributed by atoms with E-state index in [1.54, 1.807) is 12.1 Å². The highest BCUT2D eigenvalue weighted by molar-refractivity contribution is 9.10. The van der Waals surface area contributed by atoms with Crippen molar-refractivity contribution in [3.63, 3.8) is 0 Å². The quantitative estimate of drug-likeness (QED) is 0.593. The van der Waals surface area contributed by atoms with E-state index in [0.29, 0.717) is 14.7 Å². The maximum atomic E-state index is 6.11. The van der Waals surface area contributed by atoms with E-state index in [1.807, 2.05) is 18.2 Å². The molecule has 0 aliphatic heterocycles. The first kappa shape index (κ1) is 12.5. The summed E-state index contributed by atoms with van der Waals surface area (Å²) in [4.78, 5) is -0.106. The number of hydrogen-bond donors (Lipinski definition) is 0. The number of alkyl halides is 1. The Hall–Kier alpha value is 0.0400. The fourth-order valence-electron chi connectivity index (χ4n) is 1.33. The maximum Gasteiger partial charge on any atom is 0.169 e. The van der Waals surface area contributed by atoms with Gasteiger partial charge < -0.3 is 4.42 Å². The second kappa shape index (κ2) is 5.13. The third-order valence-corrected chi connectivity index (χ3v) is 4.02. The van der Waals surface area contributed by atoms with Gasteiger partial charge >= 0.3 is 0 Å². The first-order valence-corrected chi connectivity index (χ1v) is 6.88. The van der Waals surface area contributed by atoms with Gasteiger partial charge in [-0.1, -0.05) is 39.1 Å². The minimum absolute atomic E-state index is 0.106. The Kier molecular flexibility index (Phi) is 4.01. The van der Waals surface area contributed by atoms with Crippen molar-refractivity contribution in [3.05, 3.63) is 56.4 Å². The topological polar surface area (TPSA) is 13.1 Å². The number of furan rings is 1. The first-order chi connectivity index (χ1) is 7.58. The predicted octanol–water partition coefficient (Wildman–Crippen LogP) is 5.83. The molecule has 0 bridgehead atoms. The summed E-state index contributed by atoms with van der Waals surface area (Å²) in [7, 11) is 0. The SMILES string of the molecule is Clc1ccc(Cl)c(C(Br)c2ccc(Br)o2)c1. The van der Waals surface area contributed by atoms with Crippen LogP contribution in [0.2, 0.25) is 10.0 Å². The van der Waals surface area contributed by atoms with Gasteiger partial charge in [-0.15, -0.1) is 0 Å². The lowest BCUT2D eigenvalue weighted by Crippen LogP contribution is -1.91. The lowest BCUT2D eigenvalue weighted by atomic mass is 10.1. The Bertz CT molecular complexity index is 510. The van der Waals surface area contributed by atoms with Gasteiger partial charge in [0.15, 0.2) is 4.67 Å². The molecule has 1 heterocycles. The van der Waals surface area contributed by atoms with Crippen molar-refractivity contribution < 1.29 is 4.42 Å². The maximum absolute atomic E-state index is 6.11. The van der Waals surface area contributed by atoms with Gasteiger partial charge in [-0.05, 0) is 51.8 Å². The largest absolute Gasteiger partial charge is 0.453 e. The molecular formula is C11H6Br2Cl2O. The van der Waals surface area contributed by atoms with Gasteiger partial charge in [-0.2, -0.15) is 0 Å². The zero-order chi connectivity index (χ0) is 11.7. The summed E-state index contributed by atoms with van der Waals surface area (Å²) in [5.41, 5.74) is 0.885. The molecule has 0 fully saturated rings. The van der Waals surface area contributed by atoms with Gasteiger partial charge in [0, 0.05) is 10.0 Å². The molecule has 1 nitrogen and oxygen atoms in total. The van der Waals surface area contributed by atoms with E-state index in [9.17, 15) is 0 Å². The van der Waals surface area contributed by atoms with Gasteiger partial charge in [0.05, 0.1) is 4.83 Å². The summed E-state index contributed by atoms with van der Waals surface area (Å²) < 4.78 is 6.15. The molecule has 1 unspecified atom stereocenters. The van der Waals surface area contributed by atoms with Crippen molar-refractivity contribution in [2.75, 3.05) is 0 Å². The summed E-state index contributed by atoms with van der Waals surface area (Å²) in [5.74, 6) is 0.774. The van der Waals surface area contributed by atoms with Crippen LogP contribution in [0, 0.1) is 0 Å². The van der Waals surface area contributed by atoms with Crippen molar-refractivity contribution in [2.24, 2.45) is 0 Å². The van der Waals surface area contributed by atoms with Crippen molar-refractivity contribution in [3.8, 4) is 0 Å². The molecule has 5 heteroatoms. The number of halogens is 4. The highest BCUT2D eigenvalue weighted by Gasteiger charge is 2.17. The van der Waals surface area contributed by atoms with Crippen molar-refractivity contribution in [1.29, 1.82) is 0 Å². The highest BCUT2D eigenvalue weighted by atomic mass is 79.9. The van der Waals surface area contributed by atoms with Gasteiger partial charge in [0.25, 0.3) is 0 Å². The second-order valence-electron chi connectivity index (χ2n) is 3.17. The highest BCUT2D eigenvalue weighted by Crippen LogP contribution is 2.37. The fraction of sp³-hybridized carbons (Fsp3) is 0.0909. The zero-order valence-corrected chi connectivity index (χ0v) is 12.6. The Balaban J connectivity index is 2.40. The predicted molar refractivity (Wildman–Crippen MR) is 73.6 cm³/mol. The van der Waals surface area contributed by atoms with Crippen LogP contribution in [0.25, 0.3) is 0 Å². The molecule has 84 valence electrons. The minimum Gasteiger partial charge on any atom is -0.453 e. The molecule has 1 aromatic heterocycles. The Labute approximate surface area is 120 Å². The minimum atomic E-state index is -0.106. The van der Waals surface area contributed by atoms with Gasteiger partial charge in [0.2, 0.25) is 0 Å². The van der Waals surface area contributed by atoms with E-state index in [-0.39, 0.29) is 4.83 Å². The van der Waals surface area contributed by atoms with E-state index < -0.39 is 0 Å². The number of benzene rings is 1. The molecule has 16 heavy (non-hydrogen) atoms. The Morgan fingerprint density at radius 2 is 1.88 bits per heavy atom. The Morgan fingerprint density at radius 1 is 1.12 bits per heavy atom. The van der Waals surface area contributed by atoms with Crippen LogP contribution in [0.4, 0.5) is 0 Å². The standard InChI is InChI=1S/C11H6Br2Cl2O/c12-10-4-3-9(16-10)11(13)7-5-6(14)1-2-8(7)15/h1-5,11H. The van der Waals surface area contributed by atoms with E-state index in [1.165, 1.54) is 0 Å². The summed E-state index contributed by atoms with van der Waals surface area (Å²) in [6.45, 7) is 0. The molecule has 0 radical (unpaired) electrons. The second-order valence-corrected chi connectivity index (χ2v) is 5.71. The molecule has 0 saturated heterocycles. The van der Waals surface area contributed by atoms with Crippen LogP contribution < -0.4 is 0 Å². The Morgan fingerprint density at radius 3 is 2.50 bits per heavy atom. The average molecular weight is 385 g/mol. The van der Waals surface area contributed by atoms with Crippen LogP contribution in [-0.2, 0) is 0 Å². The average Bonchev–Trinajstić information content (AvgIpc) is 2.67. The van der Waals surface area contributed by atoms with Crippen molar-refractivity contribution in [1.82, 2.24) is 0 Å². The molecular weight excluding hydrogens is 379 g/mol. The zero-order valence-electron chi connectivity index (χ0n) is 7.88. The third-order valence-electron chi connectivity index (χ3n) is 2.07. The lowest BCUT2D eigenvalue weighted by Gasteiger charge is -2.09. The van der Waals surface area contributed by atoms with Crippen LogP contribution in [0.15, 0.2) is 39.4 Å². The molecule has 2 aromatic rings. The lowest BCUT2D eigenvalue weighted by molar-refractivity contribution is 0.497. The third kappa shape index (κ3) is 2.65. The first-order valence-electron chi connectivity index (χ1n) is 4.42. The summed E-state index contributed by atoms with van der Waals surface area (Å²) in [5, 5.41) is 1.30. The van der Waals surface area contributed by atoms with Crippen molar-refractivity contribution in [2.45, 2.75) is 4.83 Å². The normalized spacial score (nSPS) is 12.8. The smallest absolute Gasteiger partial charge is 0.169 e. The summed E-state index contributed by atoms with van der Waals surface area (Å²) >= 11 is 18.8. The van der Waals surface area contributed by atoms with Crippen LogP contribution in [-0.4, -0.2) is 0 Å². The monoisotopic (exact) mass is 382 g/mol. The molecule has 0 N–H and O–H groups in total.